The average molecular weight is 435 g/mol. The Kier molecular flexibility index (Phi) is 5.99. The van der Waals surface area contributed by atoms with Crippen LogP contribution in [0.4, 0.5) is 5.69 Å². The molecule has 3 heterocycles. The highest BCUT2D eigenvalue weighted by Gasteiger charge is 2.28. The molecule has 1 unspecified atom stereocenters. The Bertz CT molecular complexity index is 1170. The third-order valence-corrected chi connectivity index (χ3v) is 5.70. The van der Waals surface area contributed by atoms with E-state index in [0.717, 1.165) is 16.1 Å². The van der Waals surface area contributed by atoms with Crippen LogP contribution in [0.5, 0.6) is 11.6 Å². The molecule has 1 atom stereocenters. The molecular weight excluding hydrogens is 412 g/mol. The van der Waals surface area contributed by atoms with Crippen LogP contribution >= 0.6 is 11.3 Å². The van der Waals surface area contributed by atoms with Crippen LogP contribution in [0.3, 0.4) is 0 Å². The summed E-state index contributed by atoms with van der Waals surface area (Å²) in [7, 11) is 4.98. The summed E-state index contributed by atoms with van der Waals surface area (Å²) in [6.07, 6.45) is 3.51. The molecule has 7 nitrogen and oxygen atoms in total. The van der Waals surface area contributed by atoms with Crippen molar-refractivity contribution in [3.05, 3.63) is 77.6 Å². The number of aromatic nitrogens is 3. The minimum atomic E-state index is -0.695. The van der Waals surface area contributed by atoms with Gasteiger partial charge in [-0.15, -0.1) is 11.3 Å². The third-order valence-electron chi connectivity index (χ3n) is 4.79. The van der Waals surface area contributed by atoms with Crippen molar-refractivity contribution in [3.8, 4) is 22.1 Å². The van der Waals surface area contributed by atoms with E-state index in [2.05, 4.69) is 15.4 Å². The number of benzene rings is 1. The number of ketones is 1. The summed E-state index contributed by atoms with van der Waals surface area (Å²) < 4.78 is 12.2. The zero-order chi connectivity index (χ0) is 21.8. The van der Waals surface area contributed by atoms with Crippen molar-refractivity contribution in [1.29, 1.82) is 0 Å². The second kappa shape index (κ2) is 9.01. The Hall–Kier alpha value is -3.65. The van der Waals surface area contributed by atoms with Gasteiger partial charge in [-0.25, -0.2) is 4.98 Å². The van der Waals surface area contributed by atoms with Gasteiger partial charge in [-0.05, 0) is 29.6 Å². The number of anilines is 1. The lowest BCUT2D eigenvalue weighted by Crippen LogP contribution is -2.22. The number of methoxy groups -OCH3 is 2. The number of hydrogen-bond donors (Lipinski definition) is 1. The Labute approximate surface area is 184 Å². The van der Waals surface area contributed by atoms with Crippen LogP contribution in [-0.2, 0) is 7.05 Å². The molecule has 0 aliphatic heterocycles. The van der Waals surface area contributed by atoms with E-state index in [4.69, 9.17) is 9.47 Å². The van der Waals surface area contributed by atoms with Gasteiger partial charge in [0.15, 0.2) is 0 Å². The normalized spacial score (nSPS) is 11.7. The van der Waals surface area contributed by atoms with Gasteiger partial charge in [-0.2, -0.15) is 5.10 Å². The van der Waals surface area contributed by atoms with Gasteiger partial charge in [0.2, 0.25) is 11.7 Å². The molecule has 0 saturated carbocycles. The van der Waals surface area contributed by atoms with Crippen LogP contribution < -0.4 is 14.8 Å². The molecule has 4 aromatic rings. The van der Waals surface area contributed by atoms with Crippen LogP contribution in [-0.4, -0.2) is 34.8 Å². The van der Waals surface area contributed by atoms with E-state index in [-0.39, 0.29) is 5.78 Å². The molecule has 0 fully saturated rings. The fourth-order valence-electron chi connectivity index (χ4n) is 3.28. The van der Waals surface area contributed by atoms with Crippen LogP contribution in [0.2, 0.25) is 0 Å². The van der Waals surface area contributed by atoms with E-state index < -0.39 is 6.04 Å². The van der Waals surface area contributed by atoms with Gasteiger partial charge in [0.05, 0.1) is 14.2 Å². The van der Waals surface area contributed by atoms with Crippen molar-refractivity contribution in [1.82, 2.24) is 14.8 Å². The number of aryl methyl sites for hydroxylation is 1. The zero-order valence-corrected chi connectivity index (χ0v) is 18.2. The summed E-state index contributed by atoms with van der Waals surface area (Å²) >= 11 is 1.57. The lowest BCUT2D eigenvalue weighted by atomic mass is 9.99. The molecule has 0 bridgehead atoms. The molecule has 0 spiro atoms. The van der Waals surface area contributed by atoms with E-state index in [1.165, 1.54) is 0 Å². The van der Waals surface area contributed by atoms with Gasteiger partial charge in [0, 0.05) is 53.3 Å². The van der Waals surface area contributed by atoms with Crippen molar-refractivity contribution in [2.45, 2.75) is 6.04 Å². The molecule has 0 radical (unpaired) electrons. The van der Waals surface area contributed by atoms with Crippen LogP contribution in [0.15, 0.2) is 66.3 Å². The van der Waals surface area contributed by atoms with Crippen LogP contribution in [0.25, 0.3) is 10.4 Å². The number of carbonyl (C=O) groups excluding carboxylic acids is 1. The maximum atomic E-state index is 13.8. The highest BCUT2D eigenvalue weighted by molar-refractivity contribution is 7.13. The predicted molar refractivity (Wildman–Crippen MR) is 121 cm³/mol. The molecule has 3 aromatic heterocycles. The molecule has 1 N–H and O–H groups in total. The number of nitrogens with one attached hydrogen (secondary N) is 1. The van der Waals surface area contributed by atoms with Gasteiger partial charge >= 0.3 is 0 Å². The highest BCUT2D eigenvalue weighted by Crippen LogP contribution is 2.32. The summed E-state index contributed by atoms with van der Waals surface area (Å²) in [5, 5.41) is 9.80. The number of carbonyl (C=O) groups is 1. The first-order valence-corrected chi connectivity index (χ1v) is 10.5. The average Bonchev–Trinajstić information content (AvgIpc) is 3.47. The lowest BCUT2D eigenvalue weighted by Gasteiger charge is -2.19. The smallest absolute Gasteiger partial charge is 0.212 e. The number of nitrogens with zero attached hydrogens (tertiary/aromatic N) is 3. The monoisotopic (exact) mass is 434 g/mol. The second-order valence-corrected chi connectivity index (χ2v) is 7.80. The quantitative estimate of drug-likeness (QED) is 0.409. The predicted octanol–water partition coefficient (Wildman–Crippen LogP) is 4.60. The Morgan fingerprint density at radius 3 is 2.68 bits per heavy atom. The third kappa shape index (κ3) is 4.44. The molecule has 0 saturated heterocycles. The van der Waals surface area contributed by atoms with E-state index in [1.54, 1.807) is 42.5 Å². The molecule has 0 amide bonds. The molecule has 31 heavy (non-hydrogen) atoms. The van der Waals surface area contributed by atoms with Gasteiger partial charge in [0.1, 0.15) is 17.5 Å². The summed E-state index contributed by atoms with van der Waals surface area (Å²) in [6, 6.07) is 14.3. The fourth-order valence-corrected chi connectivity index (χ4v) is 4.02. The van der Waals surface area contributed by atoms with Crippen molar-refractivity contribution in [3.63, 3.8) is 0 Å². The van der Waals surface area contributed by atoms with E-state index in [0.29, 0.717) is 22.9 Å². The Morgan fingerprint density at radius 2 is 2.00 bits per heavy atom. The Balaban J connectivity index is 1.75. The summed E-state index contributed by atoms with van der Waals surface area (Å²) in [5.41, 5.74) is 2.67. The molecular formula is C23H22N4O3S. The summed E-state index contributed by atoms with van der Waals surface area (Å²) in [6.45, 7) is 0. The number of rotatable bonds is 8. The molecule has 1 aromatic carbocycles. The van der Waals surface area contributed by atoms with E-state index in [9.17, 15) is 4.79 Å². The first kappa shape index (κ1) is 20.6. The number of thiophene rings is 1. The van der Waals surface area contributed by atoms with E-state index >= 15 is 0 Å². The number of ether oxygens (including phenoxy) is 2. The van der Waals surface area contributed by atoms with E-state index in [1.807, 2.05) is 61.1 Å². The van der Waals surface area contributed by atoms with Crippen molar-refractivity contribution in [2.75, 3.05) is 19.5 Å². The van der Waals surface area contributed by atoms with Crippen LogP contribution in [0, 0.1) is 0 Å². The standard InChI is InChI=1S/C23H22N4O3S/c1-27-14-18(19-8-5-11-31-19)22(26-27)23(28)21(15-9-10-20(30-3)24-13-15)25-16-6-4-7-17(12-16)29-2/h4-14,21,25H,1-3H3. The summed E-state index contributed by atoms with van der Waals surface area (Å²) in [5.74, 6) is 1.02. The highest BCUT2D eigenvalue weighted by atomic mass is 32.1. The fraction of sp³-hybridized carbons (Fsp3) is 0.174. The minimum absolute atomic E-state index is 0.154. The van der Waals surface area contributed by atoms with Gasteiger partial charge in [0.25, 0.3) is 0 Å². The number of Topliss-reactive ketones (excluding diaryl/α,β-unsaturated/α-hetero) is 1. The molecule has 0 aliphatic rings. The zero-order valence-electron chi connectivity index (χ0n) is 17.4. The van der Waals surface area contributed by atoms with Gasteiger partial charge in [-0.1, -0.05) is 12.1 Å². The van der Waals surface area contributed by atoms with Crippen molar-refractivity contribution >= 4 is 22.8 Å². The first-order valence-electron chi connectivity index (χ1n) is 9.61. The van der Waals surface area contributed by atoms with Crippen molar-refractivity contribution in [2.24, 2.45) is 7.05 Å². The number of hydrogen-bond acceptors (Lipinski definition) is 7. The topological polar surface area (TPSA) is 78.3 Å². The minimum Gasteiger partial charge on any atom is -0.497 e. The molecule has 8 heteroatoms. The van der Waals surface area contributed by atoms with Crippen molar-refractivity contribution < 1.29 is 14.3 Å². The molecule has 0 aliphatic carbocycles. The number of pyridine rings is 1. The molecule has 4 rings (SSSR count). The maximum absolute atomic E-state index is 13.8. The first-order chi connectivity index (χ1) is 15.1. The second-order valence-electron chi connectivity index (χ2n) is 6.85. The van der Waals surface area contributed by atoms with Crippen LogP contribution in [0.1, 0.15) is 22.1 Å². The molecule has 158 valence electrons. The van der Waals surface area contributed by atoms with Gasteiger partial charge < -0.3 is 14.8 Å². The Morgan fingerprint density at radius 1 is 1.13 bits per heavy atom. The maximum Gasteiger partial charge on any atom is 0.212 e. The SMILES string of the molecule is COc1cccc(NC(C(=O)c2nn(C)cc2-c2cccs2)c2ccc(OC)nc2)c1. The summed E-state index contributed by atoms with van der Waals surface area (Å²) in [4.78, 5) is 19.0. The lowest BCUT2D eigenvalue weighted by molar-refractivity contribution is 0.0964. The largest absolute Gasteiger partial charge is 0.497 e. The van der Waals surface area contributed by atoms with Gasteiger partial charge in [-0.3, -0.25) is 9.48 Å².